The quantitative estimate of drug-likeness (QED) is 0.309. The molecule has 0 spiro atoms. The number of amides is 1. The number of hydrogen-bond donors (Lipinski definition) is 1. The molecule has 1 amide bonds. The highest BCUT2D eigenvalue weighted by Gasteiger charge is 2.31. The van der Waals surface area contributed by atoms with Gasteiger partial charge in [-0.3, -0.25) is 14.5 Å². The Balaban J connectivity index is 1.43. The fourth-order valence-corrected chi connectivity index (χ4v) is 4.76. The van der Waals surface area contributed by atoms with Gasteiger partial charge < -0.3 is 9.52 Å². The Hall–Kier alpha value is -2.82. The number of carboxylic acid groups (broad SMARTS) is 1. The Bertz CT molecular complexity index is 1110. The summed E-state index contributed by atoms with van der Waals surface area (Å²) in [7, 11) is 0. The predicted octanol–water partition coefficient (Wildman–Crippen LogP) is 5.49. The topological polar surface area (TPSA) is 70.8 Å². The normalized spacial score (nSPS) is 16.6. The molecule has 158 valence electrons. The molecule has 1 fully saturated rings. The highest BCUT2D eigenvalue weighted by atomic mass is 32.2. The maximum absolute atomic E-state index is 12.7. The Morgan fingerprint density at radius 1 is 1.35 bits per heavy atom. The van der Waals surface area contributed by atoms with Gasteiger partial charge in [-0.05, 0) is 55.5 Å². The molecule has 0 radical (unpaired) electrons. The lowest BCUT2D eigenvalue weighted by Crippen LogP contribution is -2.29. The highest BCUT2D eigenvalue weighted by molar-refractivity contribution is 8.26. The Morgan fingerprint density at radius 3 is 2.90 bits per heavy atom. The lowest BCUT2D eigenvalue weighted by Gasteiger charge is -2.13. The second kappa shape index (κ2) is 9.13. The van der Waals surface area contributed by atoms with Gasteiger partial charge in [0.1, 0.15) is 15.8 Å². The van der Waals surface area contributed by atoms with Gasteiger partial charge in [-0.2, -0.15) is 0 Å². The molecule has 0 atom stereocenters. The molecule has 1 aliphatic heterocycles. The van der Waals surface area contributed by atoms with Gasteiger partial charge in [-0.1, -0.05) is 48.6 Å². The van der Waals surface area contributed by atoms with E-state index in [0.29, 0.717) is 28.0 Å². The lowest BCUT2D eigenvalue weighted by atomic mass is 10.0. The number of allylic oxidation sites excluding steroid dienone is 2. The van der Waals surface area contributed by atoms with E-state index < -0.39 is 5.97 Å². The minimum atomic E-state index is -0.797. The van der Waals surface area contributed by atoms with E-state index in [2.05, 4.69) is 25.1 Å². The molecule has 0 unspecified atom stereocenters. The number of carbonyl (C=O) groups is 2. The zero-order valence-corrected chi connectivity index (χ0v) is 18.7. The second-order valence-electron chi connectivity index (χ2n) is 7.50. The molecular formula is C24H21NO4S2. The van der Waals surface area contributed by atoms with Gasteiger partial charge >= 0.3 is 5.97 Å². The van der Waals surface area contributed by atoms with Crippen LogP contribution in [-0.2, 0) is 9.59 Å². The molecular weight excluding hydrogens is 430 g/mol. The van der Waals surface area contributed by atoms with Crippen LogP contribution in [0.15, 0.2) is 33.6 Å². The van der Waals surface area contributed by atoms with Gasteiger partial charge in [0.25, 0.3) is 5.91 Å². The van der Waals surface area contributed by atoms with Crippen molar-refractivity contribution in [3.63, 3.8) is 0 Å². The molecule has 2 aliphatic rings. The molecule has 2 heterocycles. The van der Waals surface area contributed by atoms with Crippen LogP contribution >= 0.6 is 24.0 Å². The van der Waals surface area contributed by atoms with Crippen LogP contribution < -0.4 is 0 Å². The van der Waals surface area contributed by atoms with Crippen LogP contribution in [0.2, 0.25) is 0 Å². The molecule has 1 N–H and O–H groups in total. The van der Waals surface area contributed by atoms with Crippen LogP contribution in [0.1, 0.15) is 49.0 Å². The fraction of sp³-hybridized carbons (Fsp3) is 0.292. The van der Waals surface area contributed by atoms with Crippen molar-refractivity contribution in [1.29, 1.82) is 0 Å². The van der Waals surface area contributed by atoms with Crippen LogP contribution in [-0.4, -0.2) is 32.7 Å². The first-order valence-corrected chi connectivity index (χ1v) is 11.4. The van der Waals surface area contributed by atoms with Crippen LogP contribution in [0.4, 0.5) is 0 Å². The summed E-state index contributed by atoms with van der Waals surface area (Å²) >= 11 is 6.63. The van der Waals surface area contributed by atoms with E-state index in [0.717, 1.165) is 41.7 Å². The zero-order chi connectivity index (χ0) is 22.0. The number of aliphatic carboxylic acids is 1. The van der Waals surface area contributed by atoms with E-state index >= 15 is 0 Å². The molecule has 1 aromatic heterocycles. The first kappa shape index (κ1) is 21.4. The van der Waals surface area contributed by atoms with Crippen molar-refractivity contribution in [2.24, 2.45) is 0 Å². The van der Waals surface area contributed by atoms with Gasteiger partial charge in [-0.25, -0.2) is 0 Å². The number of carboxylic acids is 1. The SMILES string of the molecule is Cc1c(C2=CC2)c#ccc1-c1ccc(/C=C2/SC(=S)N(CCCCCC(=O)O)C2=O)o1. The van der Waals surface area contributed by atoms with Crippen molar-refractivity contribution in [1.82, 2.24) is 4.90 Å². The second-order valence-corrected chi connectivity index (χ2v) is 9.18. The molecule has 2 aromatic rings. The molecule has 1 saturated heterocycles. The van der Waals surface area contributed by atoms with Crippen molar-refractivity contribution in [3.8, 4) is 11.3 Å². The van der Waals surface area contributed by atoms with Crippen LogP contribution in [0.25, 0.3) is 23.0 Å². The average Bonchev–Trinajstić information content (AvgIpc) is 3.41. The first-order chi connectivity index (χ1) is 14.9. The monoisotopic (exact) mass is 451 g/mol. The summed E-state index contributed by atoms with van der Waals surface area (Å²) in [6, 6.07) is 11.9. The van der Waals surface area contributed by atoms with Crippen molar-refractivity contribution in [2.45, 2.75) is 39.0 Å². The van der Waals surface area contributed by atoms with E-state index in [4.69, 9.17) is 21.7 Å². The predicted molar refractivity (Wildman–Crippen MR) is 125 cm³/mol. The van der Waals surface area contributed by atoms with Crippen molar-refractivity contribution < 1.29 is 19.1 Å². The van der Waals surface area contributed by atoms with E-state index in [-0.39, 0.29) is 12.3 Å². The third kappa shape index (κ3) is 4.92. The van der Waals surface area contributed by atoms with Gasteiger partial charge in [-0.15, -0.1) is 0 Å². The molecule has 0 saturated carbocycles. The Labute approximate surface area is 190 Å². The molecule has 1 aliphatic carbocycles. The summed E-state index contributed by atoms with van der Waals surface area (Å²) in [5.74, 6) is 0.392. The number of furan rings is 1. The van der Waals surface area contributed by atoms with Crippen molar-refractivity contribution >= 4 is 51.8 Å². The van der Waals surface area contributed by atoms with Gasteiger partial charge in [0, 0.05) is 30.2 Å². The van der Waals surface area contributed by atoms with Gasteiger partial charge in [0.05, 0.1) is 4.91 Å². The summed E-state index contributed by atoms with van der Waals surface area (Å²) in [5, 5.41) is 8.70. The first-order valence-electron chi connectivity index (χ1n) is 10.1. The number of hydrogen-bond acceptors (Lipinski definition) is 5. The highest BCUT2D eigenvalue weighted by Crippen LogP contribution is 2.37. The summed E-state index contributed by atoms with van der Waals surface area (Å²) in [6.45, 7) is 2.55. The molecule has 7 heteroatoms. The van der Waals surface area contributed by atoms with Gasteiger partial charge in [0.15, 0.2) is 0 Å². The summed E-state index contributed by atoms with van der Waals surface area (Å²) in [5.41, 5.74) is 4.45. The summed E-state index contributed by atoms with van der Waals surface area (Å²) in [6.07, 6.45) is 7.10. The smallest absolute Gasteiger partial charge is 0.303 e. The molecule has 31 heavy (non-hydrogen) atoms. The van der Waals surface area contributed by atoms with Gasteiger partial charge in [0.2, 0.25) is 0 Å². The van der Waals surface area contributed by atoms with Crippen LogP contribution in [0.5, 0.6) is 0 Å². The Morgan fingerprint density at radius 2 is 2.16 bits per heavy atom. The van der Waals surface area contributed by atoms with E-state index in [1.54, 1.807) is 11.0 Å². The third-order valence-corrected chi connectivity index (χ3v) is 6.61. The zero-order valence-electron chi connectivity index (χ0n) is 17.1. The van der Waals surface area contributed by atoms with Crippen molar-refractivity contribution in [3.05, 3.63) is 58.2 Å². The lowest BCUT2D eigenvalue weighted by molar-refractivity contribution is -0.137. The van der Waals surface area contributed by atoms with E-state index in [1.807, 2.05) is 18.2 Å². The summed E-state index contributed by atoms with van der Waals surface area (Å²) < 4.78 is 6.53. The minimum Gasteiger partial charge on any atom is -0.481 e. The number of carbonyl (C=O) groups excluding carboxylic acids is 1. The number of thioether (sulfide) groups is 1. The van der Waals surface area contributed by atoms with E-state index in [1.165, 1.54) is 17.3 Å². The maximum atomic E-state index is 12.7. The van der Waals surface area contributed by atoms with Crippen molar-refractivity contribution in [2.75, 3.05) is 6.54 Å². The minimum absolute atomic E-state index is 0.132. The molecule has 0 bridgehead atoms. The fourth-order valence-electron chi connectivity index (χ4n) is 3.47. The largest absolute Gasteiger partial charge is 0.481 e. The maximum Gasteiger partial charge on any atom is 0.303 e. The number of rotatable bonds is 9. The van der Waals surface area contributed by atoms with E-state index in [9.17, 15) is 9.59 Å². The summed E-state index contributed by atoms with van der Waals surface area (Å²) in [4.78, 5) is 25.5. The molecule has 1 aromatic carbocycles. The average molecular weight is 452 g/mol. The number of thiocarbonyl (C=S) groups is 1. The number of nitrogens with zero attached hydrogens (tertiary/aromatic N) is 1. The van der Waals surface area contributed by atoms with Crippen LogP contribution in [0.3, 0.4) is 0 Å². The number of unbranched alkanes of at least 4 members (excludes halogenated alkanes) is 2. The Kier molecular flexibility index (Phi) is 6.30. The molecule has 4 rings (SSSR count). The standard InChI is InChI=1S/C24H21NO4S2/c1-15-18(16-9-10-16)6-5-7-19(15)20-12-11-17(29-20)14-21-23(28)25(24(30)31-21)13-4-2-3-8-22(26)27/h7,9,11-12,14H,2-4,8,10,13H2,1H3,(H,26,27)/b21-14+. The third-order valence-electron chi connectivity index (χ3n) is 5.23. The van der Waals surface area contributed by atoms with Crippen LogP contribution in [0, 0.1) is 19.1 Å². The molecule has 5 nitrogen and oxygen atoms in total.